The predicted molar refractivity (Wildman–Crippen MR) is 99.6 cm³/mol. The molecule has 0 aromatic carbocycles. The average Bonchev–Trinajstić information content (AvgIpc) is 3.09. The normalized spacial score (nSPS) is 25.0. The third-order valence-corrected chi connectivity index (χ3v) is 6.04. The van der Waals surface area contributed by atoms with Gasteiger partial charge in [0.15, 0.2) is 5.16 Å². The van der Waals surface area contributed by atoms with Gasteiger partial charge in [-0.3, -0.25) is 15.0 Å². The number of hydrogen-bond acceptors (Lipinski definition) is 6. The van der Waals surface area contributed by atoms with Crippen molar-refractivity contribution in [2.75, 3.05) is 5.75 Å². The van der Waals surface area contributed by atoms with E-state index in [4.69, 9.17) is 0 Å². The second kappa shape index (κ2) is 7.71. The van der Waals surface area contributed by atoms with Crippen LogP contribution in [-0.2, 0) is 16.1 Å². The number of amides is 4. The fraction of sp³-hybridized carbons (Fsp3) is 0.588. The van der Waals surface area contributed by atoms with Gasteiger partial charge in [-0.25, -0.2) is 4.79 Å². The first-order valence-corrected chi connectivity index (χ1v) is 9.94. The van der Waals surface area contributed by atoms with E-state index in [1.165, 1.54) is 11.8 Å². The van der Waals surface area contributed by atoms with E-state index in [1.807, 2.05) is 11.5 Å². The van der Waals surface area contributed by atoms with Crippen LogP contribution in [0.4, 0.5) is 4.79 Å². The molecule has 2 heterocycles. The molecule has 0 atom stereocenters. The van der Waals surface area contributed by atoms with Crippen molar-refractivity contribution in [1.82, 2.24) is 30.5 Å². The van der Waals surface area contributed by atoms with Crippen LogP contribution >= 0.6 is 11.8 Å². The lowest BCUT2D eigenvalue weighted by molar-refractivity contribution is -0.139. The van der Waals surface area contributed by atoms with Crippen LogP contribution in [0.25, 0.3) is 0 Å². The standard InChI is InChI=1S/C17H24N6O3S/c1-4-9-22-12(3)19-20-16(22)27-10-13(24)21-23-14(25)17(18-15(23)26)7-5-11(2)6-8-17/h4,11H,1,5-10H2,2-3H3,(H,18,26)(H,21,24). The number of allylic oxidation sites excluding steroid dienone is 1. The summed E-state index contributed by atoms with van der Waals surface area (Å²) in [5, 5.41) is 12.2. The number of urea groups is 1. The Balaban J connectivity index is 1.59. The van der Waals surface area contributed by atoms with Gasteiger partial charge in [0, 0.05) is 6.54 Å². The zero-order chi connectivity index (χ0) is 19.6. The number of aryl methyl sites for hydroxylation is 1. The summed E-state index contributed by atoms with van der Waals surface area (Å²) in [6, 6.07) is -0.571. The quantitative estimate of drug-likeness (QED) is 0.430. The fourth-order valence-electron chi connectivity index (χ4n) is 3.41. The molecule has 1 saturated carbocycles. The largest absolute Gasteiger partial charge is 0.344 e. The molecule has 1 spiro atoms. The van der Waals surface area contributed by atoms with Crippen molar-refractivity contribution < 1.29 is 14.4 Å². The van der Waals surface area contributed by atoms with Gasteiger partial charge in [0.05, 0.1) is 5.75 Å². The molecule has 10 heteroatoms. The van der Waals surface area contributed by atoms with Crippen molar-refractivity contribution in [3.63, 3.8) is 0 Å². The summed E-state index contributed by atoms with van der Waals surface area (Å²) >= 11 is 1.19. The van der Waals surface area contributed by atoms with Gasteiger partial charge < -0.3 is 9.88 Å². The third-order valence-electron chi connectivity index (χ3n) is 5.07. The molecule has 4 amide bonds. The molecule has 146 valence electrons. The molecule has 9 nitrogen and oxygen atoms in total. The molecule has 3 rings (SSSR count). The number of nitrogens with one attached hydrogen (secondary N) is 2. The molecule has 2 aliphatic rings. The Labute approximate surface area is 161 Å². The summed E-state index contributed by atoms with van der Waals surface area (Å²) in [7, 11) is 0. The Morgan fingerprint density at radius 1 is 1.41 bits per heavy atom. The van der Waals surface area contributed by atoms with Crippen molar-refractivity contribution in [2.24, 2.45) is 5.92 Å². The van der Waals surface area contributed by atoms with Gasteiger partial charge in [0.1, 0.15) is 11.4 Å². The van der Waals surface area contributed by atoms with Gasteiger partial charge in [0.25, 0.3) is 5.91 Å². The number of carbonyl (C=O) groups is 3. The molecule has 0 unspecified atom stereocenters. The second-order valence-electron chi connectivity index (χ2n) is 7.09. The SMILES string of the molecule is C=CCn1c(C)nnc1SCC(=O)NN1C(=O)NC2(CCC(C)CC2)C1=O. The molecule has 0 bridgehead atoms. The maximum Gasteiger partial charge on any atom is 0.344 e. The van der Waals surface area contributed by atoms with E-state index in [0.29, 0.717) is 30.5 Å². The van der Waals surface area contributed by atoms with Crippen LogP contribution in [0.3, 0.4) is 0 Å². The maximum atomic E-state index is 12.7. The van der Waals surface area contributed by atoms with Crippen LogP contribution < -0.4 is 10.7 Å². The maximum absolute atomic E-state index is 12.7. The zero-order valence-corrected chi connectivity index (χ0v) is 16.3. The third kappa shape index (κ3) is 3.85. The lowest BCUT2D eigenvalue weighted by Gasteiger charge is -2.33. The molecule has 1 aromatic rings. The van der Waals surface area contributed by atoms with Gasteiger partial charge in [0.2, 0.25) is 5.91 Å². The van der Waals surface area contributed by atoms with Crippen molar-refractivity contribution in [2.45, 2.75) is 56.8 Å². The minimum Gasteiger partial charge on any atom is -0.322 e. The lowest BCUT2D eigenvalue weighted by atomic mass is 9.77. The van der Waals surface area contributed by atoms with Gasteiger partial charge in [-0.2, -0.15) is 5.01 Å². The van der Waals surface area contributed by atoms with Crippen LogP contribution in [0.15, 0.2) is 17.8 Å². The van der Waals surface area contributed by atoms with Gasteiger partial charge in [-0.05, 0) is 38.5 Å². The summed E-state index contributed by atoms with van der Waals surface area (Å²) in [6.45, 7) is 8.18. The Kier molecular flexibility index (Phi) is 5.54. The Hall–Kier alpha value is -2.36. The first kappa shape index (κ1) is 19.4. The number of nitrogens with zero attached hydrogens (tertiary/aromatic N) is 4. The number of aromatic nitrogens is 3. The molecule has 1 aromatic heterocycles. The van der Waals surface area contributed by atoms with E-state index in [0.717, 1.165) is 23.7 Å². The molecule has 1 aliphatic carbocycles. The average molecular weight is 392 g/mol. The summed E-state index contributed by atoms with van der Waals surface area (Å²) in [5.74, 6) is 0.451. The predicted octanol–water partition coefficient (Wildman–Crippen LogP) is 1.40. The Bertz CT molecular complexity index is 769. The topological polar surface area (TPSA) is 109 Å². The van der Waals surface area contributed by atoms with E-state index in [9.17, 15) is 14.4 Å². The van der Waals surface area contributed by atoms with Crippen molar-refractivity contribution in [3.8, 4) is 0 Å². The van der Waals surface area contributed by atoms with E-state index >= 15 is 0 Å². The van der Waals surface area contributed by atoms with E-state index in [2.05, 4.69) is 34.4 Å². The minimum absolute atomic E-state index is 0.0103. The molecule has 0 radical (unpaired) electrons. The highest BCUT2D eigenvalue weighted by atomic mass is 32.2. The van der Waals surface area contributed by atoms with Crippen molar-refractivity contribution >= 4 is 29.6 Å². The number of imide groups is 1. The van der Waals surface area contributed by atoms with Crippen LogP contribution in [0, 0.1) is 12.8 Å². The number of thioether (sulfide) groups is 1. The minimum atomic E-state index is -0.870. The molecule has 2 fully saturated rings. The van der Waals surface area contributed by atoms with Crippen LogP contribution in [-0.4, -0.2) is 48.9 Å². The second-order valence-corrected chi connectivity index (χ2v) is 8.03. The smallest absolute Gasteiger partial charge is 0.322 e. The van der Waals surface area contributed by atoms with Gasteiger partial charge >= 0.3 is 6.03 Å². The first-order chi connectivity index (χ1) is 12.9. The zero-order valence-electron chi connectivity index (χ0n) is 15.5. The number of carbonyl (C=O) groups excluding carboxylic acids is 3. The highest BCUT2D eigenvalue weighted by Gasteiger charge is 2.52. The first-order valence-electron chi connectivity index (χ1n) is 8.96. The van der Waals surface area contributed by atoms with Crippen LogP contribution in [0.2, 0.25) is 0 Å². The number of hydrogen-bond donors (Lipinski definition) is 2. The number of hydrazine groups is 1. The molecule has 1 aliphatic heterocycles. The molecule has 2 N–H and O–H groups in total. The number of rotatable bonds is 6. The van der Waals surface area contributed by atoms with Crippen molar-refractivity contribution in [3.05, 3.63) is 18.5 Å². The summed E-state index contributed by atoms with van der Waals surface area (Å²) in [5.41, 5.74) is 1.55. The van der Waals surface area contributed by atoms with Gasteiger partial charge in [-0.15, -0.1) is 16.8 Å². The summed E-state index contributed by atoms with van der Waals surface area (Å²) < 4.78 is 1.83. The van der Waals surface area contributed by atoms with Crippen molar-refractivity contribution in [1.29, 1.82) is 0 Å². The highest BCUT2D eigenvalue weighted by molar-refractivity contribution is 7.99. The van der Waals surface area contributed by atoms with Crippen LogP contribution in [0.5, 0.6) is 0 Å². The fourth-order valence-corrected chi connectivity index (χ4v) is 4.20. The molecular formula is C17H24N6O3S. The Morgan fingerprint density at radius 2 is 2.11 bits per heavy atom. The van der Waals surface area contributed by atoms with Gasteiger partial charge in [-0.1, -0.05) is 24.8 Å². The Morgan fingerprint density at radius 3 is 2.78 bits per heavy atom. The monoisotopic (exact) mass is 392 g/mol. The van der Waals surface area contributed by atoms with Crippen LogP contribution in [0.1, 0.15) is 38.4 Å². The molecule has 27 heavy (non-hydrogen) atoms. The summed E-state index contributed by atoms with van der Waals surface area (Å²) in [6.07, 6.45) is 4.68. The highest BCUT2D eigenvalue weighted by Crippen LogP contribution is 2.35. The molecule has 1 saturated heterocycles. The summed E-state index contributed by atoms with van der Waals surface area (Å²) in [4.78, 5) is 37.2. The van der Waals surface area contributed by atoms with E-state index in [-0.39, 0.29) is 11.7 Å². The lowest BCUT2D eigenvalue weighted by Crippen LogP contribution is -2.51. The van der Waals surface area contributed by atoms with E-state index < -0.39 is 17.5 Å². The van der Waals surface area contributed by atoms with E-state index in [1.54, 1.807) is 6.08 Å². The molecular weight excluding hydrogens is 368 g/mol.